The minimum Gasteiger partial charge on any atom is -0.469 e. The van der Waals surface area contributed by atoms with Gasteiger partial charge in [0.25, 0.3) is 5.92 Å². The molecule has 0 aromatic heterocycles. The predicted molar refractivity (Wildman–Crippen MR) is 113 cm³/mol. The summed E-state index contributed by atoms with van der Waals surface area (Å²) < 4.78 is 36.3. The van der Waals surface area contributed by atoms with Crippen LogP contribution in [0.3, 0.4) is 0 Å². The standard InChI is InChI=1S/C25H40F2O4/c1-14(5-8-20(29)31-4)15-6-7-16-21-17(9-11-23(15,16)2)24(3)12-10-19(28)22(30)18(24)13-25(21,26)27/h14-19,21-22,28,30H,5-13H2,1-4H3/t14-,15-,16+,17+,18+,19+,21+,22-,23-,24-/m1/s1. The molecular formula is C25H40F2O4. The van der Waals surface area contributed by atoms with Crippen LogP contribution in [-0.2, 0) is 9.53 Å². The molecule has 31 heavy (non-hydrogen) atoms. The van der Waals surface area contributed by atoms with Crippen molar-refractivity contribution in [2.45, 2.75) is 96.7 Å². The van der Waals surface area contributed by atoms with Gasteiger partial charge in [-0.2, -0.15) is 0 Å². The summed E-state index contributed by atoms with van der Waals surface area (Å²) in [5.74, 6) is -3.67. The maximum absolute atomic E-state index is 15.8. The monoisotopic (exact) mass is 442 g/mol. The van der Waals surface area contributed by atoms with Gasteiger partial charge >= 0.3 is 5.97 Å². The molecule has 0 spiro atoms. The van der Waals surface area contributed by atoms with Crippen molar-refractivity contribution < 1.29 is 28.5 Å². The number of alkyl halides is 2. The first-order valence-corrected chi connectivity index (χ1v) is 12.3. The van der Waals surface area contributed by atoms with E-state index in [4.69, 9.17) is 4.74 Å². The van der Waals surface area contributed by atoms with Gasteiger partial charge < -0.3 is 14.9 Å². The Kier molecular flexibility index (Phi) is 5.99. The Morgan fingerprint density at radius 3 is 2.35 bits per heavy atom. The fourth-order valence-corrected chi connectivity index (χ4v) is 8.81. The van der Waals surface area contributed by atoms with Crippen molar-refractivity contribution in [3.63, 3.8) is 0 Å². The van der Waals surface area contributed by atoms with Gasteiger partial charge in [-0.15, -0.1) is 0 Å². The van der Waals surface area contributed by atoms with Crippen LogP contribution in [0, 0.1) is 46.3 Å². The molecule has 4 aliphatic carbocycles. The second-order valence-electron chi connectivity index (χ2n) is 11.7. The fourth-order valence-electron chi connectivity index (χ4n) is 8.81. The smallest absolute Gasteiger partial charge is 0.305 e. The molecule has 4 saturated carbocycles. The van der Waals surface area contributed by atoms with Crippen molar-refractivity contribution in [1.29, 1.82) is 0 Å². The predicted octanol–water partition coefficient (Wildman–Crippen LogP) is 4.81. The molecule has 178 valence electrons. The van der Waals surface area contributed by atoms with Crippen LogP contribution in [0.25, 0.3) is 0 Å². The molecule has 0 unspecified atom stereocenters. The Labute approximate surface area is 185 Å². The Morgan fingerprint density at radius 1 is 1.03 bits per heavy atom. The summed E-state index contributed by atoms with van der Waals surface area (Å²) in [4.78, 5) is 11.6. The average Bonchev–Trinajstić information content (AvgIpc) is 3.07. The minimum absolute atomic E-state index is 0.0198. The summed E-state index contributed by atoms with van der Waals surface area (Å²) in [6, 6.07) is 0. The third kappa shape index (κ3) is 3.55. The van der Waals surface area contributed by atoms with Gasteiger partial charge in [-0.3, -0.25) is 4.79 Å². The number of aliphatic hydroxyl groups is 2. The van der Waals surface area contributed by atoms with Crippen LogP contribution in [0.15, 0.2) is 0 Å². The number of esters is 1. The molecule has 4 aliphatic rings. The first-order chi connectivity index (χ1) is 14.5. The van der Waals surface area contributed by atoms with E-state index < -0.39 is 30.0 Å². The number of methoxy groups -OCH3 is 1. The second-order valence-corrected chi connectivity index (χ2v) is 11.7. The number of aliphatic hydroxyl groups excluding tert-OH is 2. The molecule has 2 N–H and O–H groups in total. The number of halogens is 2. The minimum atomic E-state index is -2.82. The number of fused-ring (bicyclic) bond motifs is 5. The molecular weight excluding hydrogens is 402 g/mol. The summed E-state index contributed by atoms with van der Waals surface area (Å²) in [5, 5.41) is 20.8. The molecule has 6 heteroatoms. The maximum Gasteiger partial charge on any atom is 0.305 e. The molecule has 0 bridgehead atoms. The molecule has 4 rings (SSSR count). The number of hydrogen-bond acceptors (Lipinski definition) is 4. The van der Waals surface area contributed by atoms with E-state index in [-0.39, 0.29) is 35.1 Å². The highest BCUT2D eigenvalue weighted by molar-refractivity contribution is 5.69. The lowest BCUT2D eigenvalue weighted by Crippen LogP contribution is -2.64. The molecule has 0 aliphatic heterocycles. The molecule has 0 heterocycles. The SMILES string of the molecule is COC(=O)CC[C@@H](C)[C@H]1CC[C@H]2[C@H]3[C@H](CC[C@]12C)[C@@]1(C)CC[C@H](O)[C@H](O)[C@@H]1CC3(F)F. The molecule has 0 radical (unpaired) electrons. The van der Waals surface area contributed by atoms with Crippen molar-refractivity contribution in [3.05, 3.63) is 0 Å². The van der Waals surface area contributed by atoms with E-state index in [2.05, 4.69) is 20.8 Å². The molecule has 4 nitrogen and oxygen atoms in total. The van der Waals surface area contributed by atoms with Crippen molar-refractivity contribution in [1.82, 2.24) is 0 Å². The molecule has 0 aromatic carbocycles. The van der Waals surface area contributed by atoms with E-state index in [1.165, 1.54) is 7.11 Å². The van der Waals surface area contributed by atoms with Gasteiger partial charge in [0.05, 0.1) is 19.3 Å². The zero-order valence-electron chi connectivity index (χ0n) is 19.4. The highest BCUT2D eigenvalue weighted by Crippen LogP contribution is 2.71. The maximum atomic E-state index is 15.8. The highest BCUT2D eigenvalue weighted by atomic mass is 19.3. The van der Waals surface area contributed by atoms with Crippen LogP contribution in [0.4, 0.5) is 8.78 Å². The van der Waals surface area contributed by atoms with Crippen LogP contribution in [0.5, 0.6) is 0 Å². The Bertz CT molecular complexity index is 699. The zero-order valence-corrected chi connectivity index (χ0v) is 19.4. The summed E-state index contributed by atoms with van der Waals surface area (Å²) in [6.07, 6.45) is 3.58. The van der Waals surface area contributed by atoms with Gasteiger partial charge in [0.15, 0.2) is 0 Å². The highest BCUT2D eigenvalue weighted by Gasteiger charge is 2.69. The molecule has 0 saturated heterocycles. The van der Waals surface area contributed by atoms with Crippen molar-refractivity contribution in [3.8, 4) is 0 Å². The van der Waals surface area contributed by atoms with Gasteiger partial charge in [-0.05, 0) is 85.4 Å². The van der Waals surface area contributed by atoms with Crippen LogP contribution in [0.1, 0.15) is 78.6 Å². The topological polar surface area (TPSA) is 66.8 Å². The van der Waals surface area contributed by atoms with Crippen LogP contribution >= 0.6 is 0 Å². The molecule has 10 atom stereocenters. The number of ether oxygens (including phenoxy) is 1. The summed E-state index contributed by atoms with van der Waals surface area (Å²) in [6.45, 7) is 6.50. The summed E-state index contributed by atoms with van der Waals surface area (Å²) in [5.41, 5.74) is -0.461. The van der Waals surface area contributed by atoms with Crippen molar-refractivity contribution >= 4 is 5.97 Å². The van der Waals surface area contributed by atoms with E-state index in [0.717, 1.165) is 38.5 Å². The first kappa shape index (κ1) is 23.4. The van der Waals surface area contributed by atoms with Crippen LogP contribution < -0.4 is 0 Å². The molecule has 4 fully saturated rings. The van der Waals surface area contributed by atoms with E-state index in [1.54, 1.807) is 0 Å². The van der Waals surface area contributed by atoms with Gasteiger partial charge in [0.1, 0.15) is 0 Å². The summed E-state index contributed by atoms with van der Waals surface area (Å²) in [7, 11) is 1.40. The normalized spacial score (nSPS) is 49.5. The van der Waals surface area contributed by atoms with Crippen LogP contribution in [0.2, 0.25) is 0 Å². The second kappa shape index (κ2) is 7.93. The van der Waals surface area contributed by atoms with Crippen LogP contribution in [-0.4, -0.2) is 41.4 Å². The Morgan fingerprint density at radius 2 is 1.68 bits per heavy atom. The molecule has 0 aromatic rings. The van der Waals surface area contributed by atoms with Gasteiger partial charge in [-0.25, -0.2) is 8.78 Å². The van der Waals surface area contributed by atoms with Gasteiger partial charge in [0, 0.05) is 18.8 Å². The third-order valence-corrected chi connectivity index (χ3v) is 10.5. The summed E-state index contributed by atoms with van der Waals surface area (Å²) >= 11 is 0. The quantitative estimate of drug-likeness (QED) is 0.613. The fraction of sp³-hybridized carbons (Fsp3) is 0.960. The molecule has 0 amide bonds. The average molecular weight is 443 g/mol. The number of carbonyl (C=O) groups excluding carboxylic acids is 1. The Hall–Kier alpha value is -0.750. The lowest BCUT2D eigenvalue weighted by Gasteiger charge is -2.63. The van der Waals surface area contributed by atoms with E-state index in [1.807, 2.05) is 0 Å². The number of rotatable bonds is 4. The third-order valence-electron chi connectivity index (χ3n) is 10.5. The lowest BCUT2D eigenvalue weighted by molar-refractivity contribution is -0.258. The van der Waals surface area contributed by atoms with Gasteiger partial charge in [0.2, 0.25) is 0 Å². The zero-order chi connectivity index (χ0) is 22.8. The lowest BCUT2D eigenvalue weighted by atomic mass is 9.43. The number of carbonyl (C=O) groups is 1. The van der Waals surface area contributed by atoms with E-state index in [9.17, 15) is 15.0 Å². The Balaban J connectivity index is 1.59. The van der Waals surface area contributed by atoms with Crippen molar-refractivity contribution in [2.24, 2.45) is 46.3 Å². The number of hydrogen-bond donors (Lipinski definition) is 2. The van der Waals surface area contributed by atoms with E-state index >= 15 is 8.78 Å². The largest absolute Gasteiger partial charge is 0.469 e. The van der Waals surface area contributed by atoms with Crippen molar-refractivity contribution in [2.75, 3.05) is 7.11 Å². The van der Waals surface area contributed by atoms with E-state index in [0.29, 0.717) is 24.7 Å². The first-order valence-electron chi connectivity index (χ1n) is 12.3. The van der Waals surface area contributed by atoms with Gasteiger partial charge in [-0.1, -0.05) is 20.8 Å².